The molecule has 2 aliphatic rings. The number of rotatable bonds is 1. The molecule has 1 saturated heterocycles. The molecule has 0 unspecified atom stereocenters. The summed E-state index contributed by atoms with van der Waals surface area (Å²) in [6.45, 7) is 14.9. The summed E-state index contributed by atoms with van der Waals surface area (Å²) in [6, 6.07) is 0. The quantitative estimate of drug-likeness (QED) is 0.696. The Morgan fingerprint density at radius 3 is 2.27 bits per heavy atom. The molecular formula is C17H29NO4. The molecule has 0 atom stereocenters. The SMILES string of the molecule is CC(C)(C)OC(=O)N1CCC=C(C2OC(C)(C)C(C)(C)O2)C1. The Kier molecular flexibility index (Phi) is 4.35. The minimum Gasteiger partial charge on any atom is -0.444 e. The van der Waals surface area contributed by atoms with Gasteiger partial charge in [0.2, 0.25) is 0 Å². The van der Waals surface area contributed by atoms with E-state index in [1.807, 2.05) is 48.5 Å². The van der Waals surface area contributed by atoms with Crippen LogP contribution in [0.25, 0.3) is 0 Å². The van der Waals surface area contributed by atoms with Gasteiger partial charge in [-0.15, -0.1) is 0 Å². The third kappa shape index (κ3) is 3.63. The average Bonchev–Trinajstić information content (AvgIpc) is 2.57. The normalized spacial score (nSPS) is 25.0. The number of ether oxygens (including phenoxy) is 3. The van der Waals surface area contributed by atoms with Gasteiger partial charge in [-0.05, 0) is 54.9 Å². The second kappa shape index (κ2) is 5.53. The summed E-state index contributed by atoms with van der Waals surface area (Å²) in [5.41, 5.74) is -0.224. The molecule has 2 aliphatic heterocycles. The molecule has 0 aliphatic carbocycles. The Hall–Kier alpha value is -1.07. The van der Waals surface area contributed by atoms with Crippen molar-refractivity contribution >= 4 is 6.09 Å². The van der Waals surface area contributed by atoms with Crippen molar-refractivity contribution < 1.29 is 19.0 Å². The molecule has 0 N–H and O–H groups in total. The minimum absolute atomic E-state index is 0.283. The lowest BCUT2D eigenvalue weighted by Gasteiger charge is -2.31. The van der Waals surface area contributed by atoms with E-state index in [0.717, 1.165) is 12.0 Å². The van der Waals surface area contributed by atoms with Crippen molar-refractivity contribution in [1.82, 2.24) is 4.90 Å². The molecule has 5 nitrogen and oxygen atoms in total. The monoisotopic (exact) mass is 311 g/mol. The minimum atomic E-state index is -0.483. The number of amides is 1. The maximum absolute atomic E-state index is 12.2. The molecule has 1 amide bonds. The van der Waals surface area contributed by atoms with E-state index in [0.29, 0.717) is 13.1 Å². The first-order valence-corrected chi connectivity index (χ1v) is 7.94. The molecule has 0 aromatic rings. The Morgan fingerprint density at radius 1 is 1.23 bits per heavy atom. The summed E-state index contributed by atoms with van der Waals surface area (Å²) >= 11 is 0. The van der Waals surface area contributed by atoms with Gasteiger partial charge in [0.1, 0.15) is 5.60 Å². The molecule has 2 heterocycles. The maximum atomic E-state index is 12.2. The van der Waals surface area contributed by atoms with Gasteiger partial charge in [-0.2, -0.15) is 0 Å². The summed E-state index contributed by atoms with van der Waals surface area (Å²) < 4.78 is 17.6. The van der Waals surface area contributed by atoms with Crippen LogP contribution < -0.4 is 0 Å². The van der Waals surface area contributed by atoms with Gasteiger partial charge in [-0.1, -0.05) is 6.08 Å². The van der Waals surface area contributed by atoms with E-state index in [1.165, 1.54) is 0 Å². The molecular weight excluding hydrogens is 282 g/mol. The number of carbonyl (C=O) groups is 1. The van der Waals surface area contributed by atoms with Crippen LogP contribution in [0.2, 0.25) is 0 Å². The third-order valence-corrected chi connectivity index (χ3v) is 4.39. The highest BCUT2D eigenvalue weighted by atomic mass is 16.7. The van der Waals surface area contributed by atoms with Gasteiger partial charge in [0.15, 0.2) is 6.29 Å². The van der Waals surface area contributed by atoms with E-state index in [-0.39, 0.29) is 17.3 Å². The van der Waals surface area contributed by atoms with E-state index in [1.54, 1.807) is 4.90 Å². The first-order valence-electron chi connectivity index (χ1n) is 7.94. The molecule has 0 spiro atoms. The lowest BCUT2D eigenvalue weighted by molar-refractivity contribution is -0.0638. The third-order valence-electron chi connectivity index (χ3n) is 4.39. The van der Waals surface area contributed by atoms with Gasteiger partial charge >= 0.3 is 6.09 Å². The fraction of sp³-hybridized carbons (Fsp3) is 0.824. The largest absolute Gasteiger partial charge is 0.444 e. The molecule has 22 heavy (non-hydrogen) atoms. The standard InChI is InChI=1S/C17H29NO4/c1-15(2,3)22-14(19)18-10-8-9-12(11-18)13-20-16(4,5)17(6,7)21-13/h9,13H,8,10-11H2,1-7H3. The number of nitrogens with zero attached hydrogens (tertiary/aromatic N) is 1. The zero-order valence-corrected chi connectivity index (χ0v) is 14.9. The Balaban J connectivity index is 2.03. The number of carbonyl (C=O) groups excluding carboxylic acids is 1. The Labute approximate surface area is 133 Å². The summed E-state index contributed by atoms with van der Waals surface area (Å²) in [4.78, 5) is 13.9. The highest BCUT2D eigenvalue weighted by Gasteiger charge is 2.50. The zero-order valence-electron chi connectivity index (χ0n) is 14.9. The molecule has 126 valence electrons. The van der Waals surface area contributed by atoms with Gasteiger partial charge in [0.25, 0.3) is 0 Å². The van der Waals surface area contributed by atoms with Crippen LogP contribution in [0.1, 0.15) is 54.9 Å². The second-order valence-corrected chi connectivity index (χ2v) is 8.06. The fourth-order valence-corrected chi connectivity index (χ4v) is 2.42. The Morgan fingerprint density at radius 2 is 1.77 bits per heavy atom. The lowest BCUT2D eigenvalue weighted by Crippen LogP contribution is -2.41. The summed E-state index contributed by atoms with van der Waals surface area (Å²) in [6.07, 6.45) is 2.23. The Bertz CT molecular complexity index is 458. The molecule has 2 rings (SSSR count). The van der Waals surface area contributed by atoms with Crippen LogP contribution in [0.4, 0.5) is 4.79 Å². The highest BCUT2D eigenvalue weighted by molar-refractivity contribution is 5.68. The molecule has 5 heteroatoms. The van der Waals surface area contributed by atoms with Gasteiger partial charge in [0.05, 0.1) is 11.2 Å². The van der Waals surface area contributed by atoms with Crippen molar-refractivity contribution in [3.63, 3.8) is 0 Å². The van der Waals surface area contributed by atoms with E-state index in [4.69, 9.17) is 14.2 Å². The topological polar surface area (TPSA) is 48.0 Å². The van der Waals surface area contributed by atoms with E-state index < -0.39 is 11.9 Å². The highest BCUT2D eigenvalue weighted by Crippen LogP contribution is 2.41. The van der Waals surface area contributed by atoms with Crippen LogP contribution in [0.5, 0.6) is 0 Å². The van der Waals surface area contributed by atoms with Crippen LogP contribution in [-0.4, -0.2) is 47.2 Å². The predicted molar refractivity (Wildman–Crippen MR) is 84.6 cm³/mol. The van der Waals surface area contributed by atoms with E-state index >= 15 is 0 Å². The summed E-state index contributed by atoms with van der Waals surface area (Å²) in [5.74, 6) is 0. The van der Waals surface area contributed by atoms with Crippen LogP contribution in [0.15, 0.2) is 11.6 Å². The smallest absolute Gasteiger partial charge is 0.410 e. The first kappa shape index (κ1) is 17.3. The maximum Gasteiger partial charge on any atom is 0.410 e. The van der Waals surface area contributed by atoms with Crippen LogP contribution in [0.3, 0.4) is 0 Å². The molecule has 0 bridgehead atoms. The van der Waals surface area contributed by atoms with Crippen molar-refractivity contribution in [1.29, 1.82) is 0 Å². The molecule has 1 fully saturated rings. The fourth-order valence-electron chi connectivity index (χ4n) is 2.42. The molecule has 0 radical (unpaired) electrons. The van der Waals surface area contributed by atoms with Crippen LogP contribution in [0, 0.1) is 0 Å². The van der Waals surface area contributed by atoms with Gasteiger partial charge in [0, 0.05) is 18.7 Å². The van der Waals surface area contributed by atoms with Gasteiger partial charge in [-0.25, -0.2) is 4.79 Å². The van der Waals surface area contributed by atoms with Crippen LogP contribution in [-0.2, 0) is 14.2 Å². The predicted octanol–water partition coefficient (Wildman–Crippen LogP) is 3.48. The molecule has 0 aromatic heterocycles. The van der Waals surface area contributed by atoms with Crippen molar-refractivity contribution in [2.24, 2.45) is 0 Å². The second-order valence-electron chi connectivity index (χ2n) is 8.06. The zero-order chi connectivity index (χ0) is 16.8. The molecule has 0 aromatic carbocycles. The number of hydrogen-bond acceptors (Lipinski definition) is 4. The van der Waals surface area contributed by atoms with Crippen molar-refractivity contribution in [2.75, 3.05) is 13.1 Å². The lowest BCUT2D eigenvalue weighted by atomic mass is 9.90. The van der Waals surface area contributed by atoms with E-state index in [9.17, 15) is 4.79 Å². The van der Waals surface area contributed by atoms with Crippen molar-refractivity contribution in [3.05, 3.63) is 11.6 Å². The van der Waals surface area contributed by atoms with Crippen molar-refractivity contribution in [3.8, 4) is 0 Å². The van der Waals surface area contributed by atoms with E-state index in [2.05, 4.69) is 6.08 Å². The van der Waals surface area contributed by atoms with Crippen molar-refractivity contribution in [2.45, 2.75) is 78.0 Å². The summed E-state index contributed by atoms with van der Waals surface area (Å²) in [5, 5.41) is 0. The van der Waals surface area contributed by atoms with Crippen LogP contribution >= 0.6 is 0 Å². The molecule has 0 saturated carbocycles. The first-order chi connectivity index (χ1) is 9.91. The average molecular weight is 311 g/mol. The summed E-state index contributed by atoms with van der Waals surface area (Å²) in [7, 11) is 0. The number of hydrogen-bond donors (Lipinski definition) is 0. The van der Waals surface area contributed by atoms with Gasteiger partial charge in [-0.3, -0.25) is 0 Å². The van der Waals surface area contributed by atoms with Gasteiger partial charge < -0.3 is 19.1 Å².